The van der Waals surface area contributed by atoms with Crippen molar-refractivity contribution in [2.24, 2.45) is 5.41 Å². The molecule has 3 nitrogen and oxygen atoms in total. The van der Waals surface area contributed by atoms with E-state index < -0.39 is 11.9 Å². The molecular formula is C14H22FNO2. The highest BCUT2D eigenvalue weighted by molar-refractivity contribution is 5.28. The van der Waals surface area contributed by atoms with Crippen molar-refractivity contribution in [1.29, 1.82) is 0 Å². The molecule has 18 heavy (non-hydrogen) atoms. The van der Waals surface area contributed by atoms with Crippen molar-refractivity contribution < 1.29 is 14.6 Å². The van der Waals surface area contributed by atoms with Crippen molar-refractivity contribution in [3.63, 3.8) is 0 Å². The quantitative estimate of drug-likeness (QED) is 0.757. The number of aliphatic hydroxyl groups is 1. The minimum atomic E-state index is -0.456. The number of phenolic OH excluding ortho intramolecular Hbond substituents is 1. The van der Waals surface area contributed by atoms with Crippen LogP contribution < -0.4 is 5.32 Å². The van der Waals surface area contributed by atoms with Crippen LogP contribution in [0.1, 0.15) is 32.8 Å². The first-order chi connectivity index (χ1) is 8.26. The van der Waals surface area contributed by atoms with E-state index in [4.69, 9.17) is 0 Å². The van der Waals surface area contributed by atoms with Crippen molar-refractivity contribution >= 4 is 0 Å². The minimum Gasteiger partial charge on any atom is -0.508 e. The first-order valence-corrected chi connectivity index (χ1v) is 6.13. The summed E-state index contributed by atoms with van der Waals surface area (Å²) in [6.07, 6.45) is 0.279. The van der Waals surface area contributed by atoms with E-state index in [0.29, 0.717) is 25.1 Å². The number of phenols is 1. The molecule has 4 heteroatoms. The summed E-state index contributed by atoms with van der Waals surface area (Å²) in [5.41, 5.74) is 0.744. The molecule has 1 aromatic rings. The Balaban J connectivity index is 2.37. The Hall–Kier alpha value is -1.13. The fourth-order valence-corrected chi connectivity index (χ4v) is 1.90. The predicted molar refractivity (Wildman–Crippen MR) is 69.9 cm³/mol. The van der Waals surface area contributed by atoms with Crippen molar-refractivity contribution in [3.05, 3.63) is 29.6 Å². The first-order valence-electron chi connectivity index (χ1n) is 6.13. The number of hydrogen-bond acceptors (Lipinski definition) is 3. The SMILES string of the molecule is CC(C)(C)CC(O)CNCc1cc(O)cc(F)c1. The molecule has 0 heterocycles. The number of rotatable bonds is 5. The van der Waals surface area contributed by atoms with Crippen LogP contribution >= 0.6 is 0 Å². The van der Waals surface area contributed by atoms with Gasteiger partial charge in [-0.15, -0.1) is 0 Å². The zero-order valence-corrected chi connectivity index (χ0v) is 11.2. The number of benzene rings is 1. The van der Waals surface area contributed by atoms with Crippen LogP contribution in [0, 0.1) is 11.2 Å². The molecule has 1 unspecified atom stereocenters. The van der Waals surface area contributed by atoms with Gasteiger partial charge in [-0.05, 0) is 29.5 Å². The van der Waals surface area contributed by atoms with Crippen LogP contribution in [0.3, 0.4) is 0 Å². The molecule has 0 fully saturated rings. The summed E-state index contributed by atoms with van der Waals surface area (Å²) >= 11 is 0. The van der Waals surface area contributed by atoms with Gasteiger partial charge in [-0.1, -0.05) is 20.8 Å². The summed E-state index contributed by atoms with van der Waals surface area (Å²) < 4.78 is 13.0. The van der Waals surface area contributed by atoms with E-state index in [1.165, 1.54) is 12.1 Å². The van der Waals surface area contributed by atoms with Gasteiger partial charge in [-0.25, -0.2) is 4.39 Å². The van der Waals surface area contributed by atoms with Crippen LogP contribution in [0.4, 0.5) is 4.39 Å². The number of aromatic hydroxyl groups is 1. The van der Waals surface area contributed by atoms with E-state index in [2.05, 4.69) is 26.1 Å². The lowest BCUT2D eigenvalue weighted by atomic mass is 9.89. The lowest BCUT2D eigenvalue weighted by Gasteiger charge is -2.22. The molecule has 0 aliphatic rings. The maximum Gasteiger partial charge on any atom is 0.127 e. The second-order valence-electron chi connectivity index (χ2n) is 5.87. The summed E-state index contributed by atoms with van der Waals surface area (Å²) in [5.74, 6) is -0.538. The van der Waals surface area contributed by atoms with Crippen LogP contribution in [-0.4, -0.2) is 22.9 Å². The fourth-order valence-electron chi connectivity index (χ4n) is 1.90. The third kappa shape index (κ3) is 5.98. The van der Waals surface area contributed by atoms with Gasteiger partial charge in [0.25, 0.3) is 0 Å². The van der Waals surface area contributed by atoms with Crippen LogP contribution in [0.5, 0.6) is 5.75 Å². The van der Waals surface area contributed by atoms with Crippen LogP contribution in [0.15, 0.2) is 18.2 Å². The average Bonchev–Trinajstić information content (AvgIpc) is 2.12. The zero-order valence-electron chi connectivity index (χ0n) is 11.2. The smallest absolute Gasteiger partial charge is 0.127 e. The summed E-state index contributed by atoms with van der Waals surface area (Å²) in [7, 11) is 0. The Bertz CT molecular complexity index is 368. The molecular weight excluding hydrogens is 233 g/mol. The molecule has 0 aromatic heterocycles. The standard InChI is InChI=1S/C14H22FNO2/c1-14(2,3)7-13(18)9-16-8-10-4-11(15)6-12(17)5-10/h4-6,13,16-18H,7-9H2,1-3H3. The van der Waals surface area contributed by atoms with Gasteiger partial charge in [0.05, 0.1) is 6.10 Å². The Morgan fingerprint density at radius 3 is 2.50 bits per heavy atom. The lowest BCUT2D eigenvalue weighted by molar-refractivity contribution is 0.119. The van der Waals surface area contributed by atoms with Crippen molar-refractivity contribution in [1.82, 2.24) is 5.32 Å². The van der Waals surface area contributed by atoms with Gasteiger partial charge in [-0.3, -0.25) is 0 Å². The van der Waals surface area contributed by atoms with Gasteiger partial charge in [0.15, 0.2) is 0 Å². The van der Waals surface area contributed by atoms with E-state index in [1.54, 1.807) is 0 Å². The molecule has 0 spiro atoms. The number of aliphatic hydroxyl groups excluding tert-OH is 1. The Labute approximate surface area is 108 Å². The fraction of sp³-hybridized carbons (Fsp3) is 0.571. The normalized spacial score (nSPS) is 13.6. The maximum absolute atomic E-state index is 13.0. The highest BCUT2D eigenvalue weighted by Gasteiger charge is 2.16. The molecule has 3 N–H and O–H groups in total. The number of hydrogen-bond donors (Lipinski definition) is 3. The van der Waals surface area contributed by atoms with Gasteiger partial charge in [0, 0.05) is 19.2 Å². The summed E-state index contributed by atoms with van der Waals surface area (Å²) in [5, 5.41) is 22.1. The monoisotopic (exact) mass is 255 g/mol. The highest BCUT2D eigenvalue weighted by atomic mass is 19.1. The highest BCUT2D eigenvalue weighted by Crippen LogP contribution is 2.20. The van der Waals surface area contributed by atoms with E-state index in [-0.39, 0.29) is 11.2 Å². The molecule has 0 saturated carbocycles. The molecule has 1 atom stereocenters. The zero-order chi connectivity index (χ0) is 13.8. The van der Waals surface area contributed by atoms with E-state index >= 15 is 0 Å². The van der Waals surface area contributed by atoms with Crippen molar-refractivity contribution in [2.45, 2.75) is 39.8 Å². The minimum absolute atomic E-state index is 0.0814. The van der Waals surface area contributed by atoms with Crippen molar-refractivity contribution in [3.8, 4) is 5.75 Å². The maximum atomic E-state index is 13.0. The van der Waals surface area contributed by atoms with Crippen LogP contribution in [0.25, 0.3) is 0 Å². The molecule has 0 radical (unpaired) electrons. The number of nitrogens with one attached hydrogen (secondary N) is 1. The van der Waals surface area contributed by atoms with E-state index in [9.17, 15) is 14.6 Å². The molecule has 0 bridgehead atoms. The average molecular weight is 255 g/mol. The van der Waals surface area contributed by atoms with Crippen LogP contribution in [-0.2, 0) is 6.54 Å². The number of halogens is 1. The van der Waals surface area contributed by atoms with Gasteiger partial charge in [-0.2, -0.15) is 0 Å². The largest absolute Gasteiger partial charge is 0.508 e. The Morgan fingerprint density at radius 1 is 1.28 bits per heavy atom. The summed E-state index contributed by atoms with van der Waals surface area (Å²) in [6, 6.07) is 3.94. The molecule has 0 saturated heterocycles. The molecule has 102 valence electrons. The molecule has 0 aliphatic heterocycles. The van der Waals surface area contributed by atoms with Crippen molar-refractivity contribution in [2.75, 3.05) is 6.54 Å². The molecule has 0 amide bonds. The molecule has 1 rings (SSSR count). The lowest BCUT2D eigenvalue weighted by Crippen LogP contribution is -2.29. The third-order valence-electron chi connectivity index (χ3n) is 2.50. The van der Waals surface area contributed by atoms with E-state index in [1.807, 2.05) is 0 Å². The van der Waals surface area contributed by atoms with E-state index in [0.717, 1.165) is 6.07 Å². The summed E-state index contributed by atoms with van der Waals surface area (Å²) in [6.45, 7) is 7.09. The third-order valence-corrected chi connectivity index (χ3v) is 2.50. The molecule has 1 aromatic carbocycles. The predicted octanol–water partition coefficient (Wildman–Crippen LogP) is 2.42. The Morgan fingerprint density at radius 2 is 1.94 bits per heavy atom. The topological polar surface area (TPSA) is 52.5 Å². The summed E-state index contributed by atoms with van der Waals surface area (Å²) in [4.78, 5) is 0. The van der Waals surface area contributed by atoms with Gasteiger partial charge in [0.2, 0.25) is 0 Å². The van der Waals surface area contributed by atoms with Gasteiger partial charge >= 0.3 is 0 Å². The van der Waals surface area contributed by atoms with Gasteiger partial charge < -0.3 is 15.5 Å². The molecule has 0 aliphatic carbocycles. The Kier molecular flexibility index (Phi) is 5.11. The van der Waals surface area contributed by atoms with Gasteiger partial charge in [0.1, 0.15) is 11.6 Å². The second-order valence-corrected chi connectivity index (χ2v) is 5.87. The van der Waals surface area contributed by atoms with Crippen LogP contribution in [0.2, 0.25) is 0 Å². The first kappa shape index (κ1) is 14.9. The second kappa shape index (κ2) is 6.16.